The minimum atomic E-state index is 0.164. The van der Waals surface area contributed by atoms with Crippen LogP contribution < -0.4 is 10.5 Å². The van der Waals surface area contributed by atoms with Crippen molar-refractivity contribution >= 4 is 11.6 Å². The van der Waals surface area contributed by atoms with Crippen molar-refractivity contribution in [1.29, 1.82) is 0 Å². The Bertz CT molecular complexity index is 365. The van der Waals surface area contributed by atoms with E-state index < -0.39 is 0 Å². The highest BCUT2D eigenvalue weighted by atomic mass is 35.5. The predicted molar refractivity (Wildman–Crippen MR) is 73.9 cm³/mol. The molecular formula is C14H22ClNO. The second kappa shape index (κ2) is 6.87. The molecule has 1 atom stereocenters. The van der Waals surface area contributed by atoms with Crippen LogP contribution in [0, 0.1) is 6.92 Å². The average Bonchev–Trinajstić information content (AvgIpc) is 2.27. The molecule has 0 spiro atoms. The Labute approximate surface area is 109 Å². The molecular weight excluding hydrogens is 234 g/mol. The first-order valence-electron chi connectivity index (χ1n) is 6.25. The lowest BCUT2D eigenvalue weighted by Crippen LogP contribution is -2.22. The molecule has 96 valence electrons. The summed E-state index contributed by atoms with van der Waals surface area (Å²) in [4.78, 5) is 0. The van der Waals surface area contributed by atoms with E-state index in [-0.39, 0.29) is 6.04 Å². The van der Waals surface area contributed by atoms with Crippen LogP contribution in [0.2, 0.25) is 5.02 Å². The van der Waals surface area contributed by atoms with Gasteiger partial charge in [-0.05, 0) is 49.4 Å². The van der Waals surface area contributed by atoms with Crippen LogP contribution in [0.4, 0.5) is 0 Å². The molecule has 3 heteroatoms. The molecule has 0 saturated carbocycles. The van der Waals surface area contributed by atoms with Gasteiger partial charge in [0.25, 0.3) is 0 Å². The lowest BCUT2D eigenvalue weighted by atomic mass is 10.0. The van der Waals surface area contributed by atoms with E-state index in [1.165, 1.54) is 0 Å². The van der Waals surface area contributed by atoms with Crippen molar-refractivity contribution in [3.63, 3.8) is 0 Å². The molecule has 1 rings (SSSR count). The van der Waals surface area contributed by atoms with Gasteiger partial charge in [0, 0.05) is 11.1 Å². The van der Waals surface area contributed by atoms with Gasteiger partial charge in [-0.25, -0.2) is 0 Å². The topological polar surface area (TPSA) is 35.2 Å². The molecule has 2 nitrogen and oxygen atoms in total. The number of ether oxygens (including phenoxy) is 1. The third-order valence-corrected chi connectivity index (χ3v) is 2.99. The van der Waals surface area contributed by atoms with Crippen LogP contribution in [0.3, 0.4) is 0 Å². The Morgan fingerprint density at radius 3 is 2.65 bits per heavy atom. The largest absolute Gasteiger partial charge is 0.493 e. The molecule has 0 fully saturated rings. The smallest absolute Gasteiger partial charge is 0.125 e. The van der Waals surface area contributed by atoms with Crippen molar-refractivity contribution in [2.24, 2.45) is 5.73 Å². The van der Waals surface area contributed by atoms with Gasteiger partial charge < -0.3 is 10.5 Å². The van der Waals surface area contributed by atoms with Crippen LogP contribution in [0.5, 0.6) is 5.75 Å². The van der Waals surface area contributed by atoms with Gasteiger partial charge in [-0.3, -0.25) is 0 Å². The van der Waals surface area contributed by atoms with E-state index in [9.17, 15) is 0 Å². The molecule has 0 aliphatic rings. The van der Waals surface area contributed by atoms with Gasteiger partial charge in [0.2, 0.25) is 0 Å². The van der Waals surface area contributed by atoms with E-state index in [4.69, 9.17) is 22.1 Å². The van der Waals surface area contributed by atoms with Gasteiger partial charge in [0.05, 0.1) is 6.61 Å². The zero-order valence-electron chi connectivity index (χ0n) is 10.9. The molecule has 1 aromatic carbocycles. The second-order valence-electron chi connectivity index (χ2n) is 4.43. The van der Waals surface area contributed by atoms with E-state index in [1.807, 2.05) is 19.1 Å². The van der Waals surface area contributed by atoms with Crippen LogP contribution in [0.15, 0.2) is 12.1 Å². The van der Waals surface area contributed by atoms with Gasteiger partial charge in [0.15, 0.2) is 0 Å². The number of benzene rings is 1. The summed E-state index contributed by atoms with van der Waals surface area (Å²) in [6, 6.07) is 4.07. The molecule has 0 aliphatic carbocycles. The van der Waals surface area contributed by atoms with Gasteiger partial charge >= 0.3 is 0 Å². The fourth-order valence-corrected chi connectivity index (χ4v) is 2.08. The normalized spacial score (nSPS) is 12.5. The van der Waals surface area contributed by atoms with Crippen LogP contribution in [0.1, 0.15) is 37.8 Å². The fraction of sp³-hybridized carbons (Fsp3) is 0.571. The summed E-state index contributed by atoms with van der Waals surface area (Å²) in [5.74, 6) is 0.958. The molecule has 0 amide bonds. The van der Waals surface area contributed by atoms with Crippen LogP contribution in [0.25, 0.3) is 0 Å². The lowest BCUT2D eigenvalue weighted by molar-refractivity contribution is 0.311. The molecule has 0 heterocycles. The minimum absolute atomic E-state index is 0.164. The Hall–Kier alpha value is -0.730. The molecule has 0 radical (unpaired) electrons. The van der Waals surface area contributed by atoms with Crippen molar-refractivity contribution in [2.75, 3.05) is 6.61 Å². The van der Waals surface area contributed by atoms with Crippen molar-refractivity contribution in [2.45, 2.75) is 46.1 Å². The van der Waals surface area contributed by atoms with Gasteiger partial charge in [0.1, 0.15) is 5.75 Å². The molecule has 0 saturated heterocycles. The third kappa shape index (κ3) is 4.21. The summed E-state index contributed by atoms with van der Waals surface area (Å²) >= 11 is 6.09. The minimum Gasteiger partial charge on any atom is -0.493 e. The first-order chi connectivity index (χ1) is 8.08. The highest BCUT2D eigenvalue weighted by molar-refractivity contribution is 6.30. The Balaban J connectivity index is 2.97. The van der Waals surface area contributed by atoms with E-state index in [0.29, 0.717) is 0 Å². The van der Waals surface area contributed by atoms with Gasteiger partial charge in [-0.1, -0.05) is 25.4 Å². The van der Waals surface area contributed by atoms with Crippen molar-refractivity contribution in [3.05, 3.63) is 28.3 Å². The number of hydrogen-bond donors (Lipinski definition) is 1. The van der Waals surface area contributed by atoms with Crippen molar-refractivity contribution in [3.8, 4) is 5.75 Å². The lowest BCUT2D eigenvalue weighted by Gasteiger charge is -2.16. The van der Waals surface area contributed by atoms with Crippen LogP contribution in [-0.4, -0.2) is 12.6 Å². The summed E-state index contributed by atoms with van der Waals surface area (Å²) in [6.45, 7) is 6.95. The molecule has 1 aromatic rings. The van der Waals surface area contributed by atoms with Crippen LogP contribution in [-0.2, 0) is 6.42 Å². The summed E-state index contributed by atoms with van der Waals surface area (Å²) in [7, 11) is 0. The quantitative estimate of drug-likeness (QED) is 0.841. The number of hydrogen-bond acceptors (Lipinski definition) is 2. The molecule has 17 heavy (non-hydrogen) atoms. The SMILES string of the molecule is CCCOc1c(C)cc(Cl)cc1CC(N)CC. The summed E-state index contributed by atoms with van der Waals surface area (Å²) in [6.07, 6.45) is 2.77. The molecule has 0 aromatic heterocycles. The van der Waals surface area contributed by atoms with E-state index in [0.717, 1.165) is 47.8 Å². The van der Waals surface area contributed by atoms with E-state index in [2.05, 4.69) is 13.8 Å². The second-order valence-corrected chi connectivity index (χ2v) is 4.87. The van der Waals surface area contributed by atoms with Gasteiger partial charge in [-0.2, -0.15) is 0 Å². The van der Waals surface area contributed by atoms with E-state index >= 15 is 0 Å². The maximum atomic E-state index is 6.09. The zero-order valence-corrected chi connectivity index (χ0v) is 11.7. The molecule has 0 bridgehead atoms. The Kier molecular flexibility index (Phi) is 5.79. The molecule has 1 unspecified atom stereocenters. The Morgan fingerprint density at radius 1 is 1.35 bits per heavy atom. The molecule has 0 aliphatic heterocycles. The van der Waals surface area contributed by atoms with Crippen molar-refractivity contribution < 1.29 is 4.74 Å². The van der Waals surface area contributed by atoms with Crippen LogP contribution >= 0.6 is 11.6 Å². The highest BCUT2D eigenvalue weighted by Crippen LogP contribution is 2.29. The summed E-state index contributed by atoms with van der Waals surface area (Å²) in [5.41, 5.74) is 8.21. The predicted octanol–water partition coefficient (Wildman–Crippen LogP) is 3.72. The third-order valence-electron chi connectivity index (χ3n) is 2.77. The fourth-order valence-electron chi connectivity index (χ4n) is 1.79. The zero-order chi connectivity index (χ0) is 12.8. The number of halogens is 1. The number of rotatable bonds is 6. The monoisotopic (exact) mass is 255 g/mol. The first kappa shape index (κ1) is 14.3. The summed E-state index contributed by atoms with van der Waals surface area (Å²) < 4.78 is 5.80. The maximum absolute atomic E-state index is 6.09. The average molecular weight is 256 g/mol. The maximum Gasteiger partial charge on any atom is 0.125 e. The number of nitrogens with two attached hydrogens (primary N) is 1. The Morgan fingerprint density at radius 2 is 2.06 bits per heavy atom. The summed E-state index contributed by atoms with van der Waals surface area (Å²) in [5, 5.41) is 0.754. The van der Waals surface area contributed by atoms with E-state index in [1.54, 1.807) is 0 Å². The molecule has 2 N–H and O–H groups in total. The highest BCUT2D eigenvalue weighted by Gasteiger charge is 2.11. The standard InChI is InChI=1S/C14H22ClNO/c1-4-6-17-14-10(3)7-12(15)8-11(14)9-13(16)5-2/h7-8,13H,4-6,9,16H2,1-3H3. The first-order valence-corrected chi connectivity index (χ1v) is 6.63. The number of aryl methyl sites for hydroxylation is 1. The van der Waals surface area contributed by atoms with Gasteiger partial charge in [-0.15, -0.1) is 0 Å². The van der Waals surface area contributed by atoms with Crippen molar-refractivity contribution in [1.82, 2.24) is 0 Å².